The van der Waals surface area contributed by atoms with Gasteiger partial charge < -0.3 is 10.6 Å². The highest BCUT2D eigenvalue weighted by molar-refractivity contribution is 5.83. The summed E-state index contributed by atoms with van der Waals surface area (Å²) in [6.45, 7) is 5.56. The largest absolute Gasteiger partial charge is 0.344 e. The molecule has 4 heteroatoms. The molecule has 0 aliphatic carbocycles. The van der Waals surface area contributed by atoms with Crippen LogP contribution in [0.15, 0.2) is 0 Å². The molecule has 14 heavy (non-hydrogen) atoms. The Bertz CT molecular complexity index is 227. The summed E-state index contributed by atoms with van der Waals surface area (Å²) in [5.74, 6) is 0.217. The van der Waals surface area contributed by atoms with Crippen LogP contribution in [0, 0.1) is 0 Å². The van der Waals surface area contributed by atoms with Crippen LogP contribution in [0.1, 0.15) is 20.3 Å². The van der Waals surface area contributed by atoms with Crippen molar-refractivity contribution >= 4 is 5.91 Å². The Balaban J connectivity index is 2.71. The normalized spacial score (nSPS) is 23.7. The van der Waals surface area contributed by atoms with E-state index in [2.05, 4.69) is 18.7 Å². The van der Waals surface area contributed by atoms with Crippen molar-refractivity contribution in [1.29, 1.82) is 0 Å². The molecule has 1 atom stereocenters. The number of nitrogens with zero attached hydrogens (tertiary/aromatic N) is 2. The van der Waals surface area contributed by atoms with E-state index in [0.717, 1.165) is 13.0 Å². The van der Waals surface area contributed by atoms with Crippen molar-refractivity contribution in [3.05, 3.63) is 0 Å². The molecule has 0 aromatic heterocycles. The molecule has 4 nitrogen and oxygen atoms in total. The minimum atomic E-state index is -0.106. The van der Waals surface area contributed by atoms with Crippen LogP contribution >= 0.6 is 0 Å². The molecule has 0 saturated carbocycles. The van der Waals surface area contributed by atoms with Gasteiger partial charge in [0.2, 0.25) is 5.91 Å². The molecule has 1 aliphatic heterocycles. The quantitative estimate of drug-likeness (QED) is 0.690. The van der Waals surface area contributed by atoms with Crippen molar-refractivity contribution in [3.8, 4) is 0 Å². The number of carbonyl (C=O) groups excluding carboxylic acids is 1. The van der Waals surface area contributed by atoms with Crippen molar-refractivity contribution in [3.63, 3.8) is 0 Å². The van der Waals surface area contributed by atoms with Crippen LogP contribution in [0.3, 0.4) is 0 Å². The zero-order chi connectivity index (χ0) is 10.9. The average molecular weight is 199 g/mol. The van der Waals surface area contributed by atoms with Crippen LogP contribution in [0.4, 0.5) is 0 Å². The second-order valence-electron chi connectivity index (χ2n) is 4.69. The van der Waals surface area contributed by atoms with Crippen LogP contribution in [0.5, 0.6) is 0 Å². The lowest BCUT2D eigenvalue weighted by Crippen LogP contribution is -2.54. The fraction of sp³-hybridized carbons (Fsp3) is 0.900. The molecule has 1 aliphatic rings. The van der Waals surface area contributed by atoms with E-state index >= 15 is 0 Å². The summed E-state index contributed by atoms with van der Waals surface area (Å²) in [4.78, 5) is 15.6. The van der Waals surface area contributed by atoms with E-state index in [1.165, 1.54) is 0 Å². The molecular weight excluding hydrogens is 178 g/mol. The first-order valence-electron chi connectivity index (χ1n) is 5.08. The molecule has 0 spiro atoms. The number of likely N-dealkylation sites (tertiary alicyclic amines) is 1. The van der Waals surface area contributed by atoms with E-state index < -0.39 is 0 Å². The van der Waals surface area contributed by atoms with E-state index in [9.17, 15) is 4.79 Å². The molecule has 1 rings (SSSR count). The van der Waals surface area contributed by atoms with Gasteiger partial charge in [-0.2, -0.15) is 0 Å². The fourth-order valence-electron chi connectivity index (χ4n) is 1.73. The first-order valence-corrected chi connectivity index (χ1v) is 5.08. The highest BCUT2D eigenvalue weighted by Crippen LogP contribution is 2.21. The number of likely N-dealkylation sites (N-methyl/N-ethyl adjacent to an activating group) is 2. The van der Waals surface area contributed by atoms with Crippen LogP contribution < -0.4 is 5.73 Å². The molecule has 82 valence electrons. The van der Waals surface area contributed by atoms with Gasteiger partial charge in [0.15, 0.2) is 0 Å². The molecule has 1 unspecified atom stereocenters. The zero-order valence-corrected chi connectivity index (χ0v) is 9.58. The van der Waals surface area contributed by atoms with Crippen molar-refractivity contribution in [2.45, 2.75) is 31.8 Å². The summed E-state index contributed by atoms with van der Waals surface area (Å²) in [6, 6.07) is 0.0125. The minimum absolute atomic E-state index is 0.0125. The van der Waals surface area contributed by atoms with Gasteiger partial charge in [0.05, 0.1) is 6.04 Å². The van der Waals surface area contributed by atoms with Gasteiger partial charge in [0, 0.05) is 25.7 Å². The maximum atomic E-state index is 11.8. The molecule has 0 aromatic carbocycles. The number of hydrogen-bond donors (Lipinski definition) is 1. The summed E-state index contributed by atoms with van der Waals surface area (Å²) in [7, 11) is 3.83. The van der Waals surface area contributed by atoms with E-state index in [4.69, 9.17) is 5.73 Å². The summed E-state index contributed by atoms with van der Waals surface area (Å²) >= 11 is 0. The number of hydrogen-bond acceptors (Lipinski definition) is 3. The Hall–Kier alpha value is -0.610. The lowest BCUT2D eigenvalue weighted by Gasteiger charge is -2.37. The van der Waals surface area contributed by atoms with Crippen LogP contribution in [-0.2, 0) is 4.79 Å². The molecule has 0 bridgehead atoms. The summed E-state index contributed by atoms with van der Waals surface area (Å²) < 4.78 is 0. The van der Waals surface area contributed by atoms with Crippen LogP contribution in [0.2, 0.25) is 0 Å². The third-order valence-corrected chi connectivity index (χ3v) is 3.32. The molecule has 0 radical (unpaired) electrons. The average Bonchev–Trinajstić information content (AvgIpc) is 2.47. The Morgan fingerprint density at radius 1 is 1.64 bits per heavy atom. The van der Waals surface area contributed by atoms with E-state index in [0.29, 0.717) is 6.54 Å². The third kappa shape index (κ3) is 1.91. The fourth-order valence-corrected chi connectivity index (χ4v) is 1.73. The lowest BCUT2D eigenvalue weighted by molar-refractivity contribution is -0.132. The second kappa shape index (κ2) is 3.87. The summed E-state index contributed by atoms with van der Waals surface area (Å²) in [5.41, 5.74) is 5.58. The van der Waals surface area contributed by atoms with Crippen LogP contribution in [-0.4, -0.2) is 54.5 Å². The third-order valence-electron chi connectivity index (χ3n) is 3.32. The van der Waals surface area contributed by atoms with Gasteiger partial charge in [-0.25, -0.2) is 0 Å². The van der Waals surface area contributed by atoms with E-state index in [-0.39, 0.29) is 17.5 Å². The van der Waals surface area contributed by atoms with Crippen LogP contribution in [0.25, 0.3) is 0 Å². The van der Waals surface area contributed by atoms with Gasteiger partial charge in [-0.05, 0) is 27.3 Å². The SMILES string of the molecule is CN1CCC(N(C)C(C)(C)CN)C1=O. The molecule has 1 fully saturated rings. The smallest absolute Gasteiger partial charge is 0.239 e. The molecule has 1 amide bonds. The minimum Gasteiger partial charge on any atom is -0.344 e. The Morgan fingerprint density at radius 2 is 2.21 bits per heavy atom. The molecule has 1 heterocycles. The van der Waals surface area contributed by atoms with Gasteiger partial charge >= 0.3 is 0 Å². The van der Waals surface area contributed by atoms with Gasteiger partial charge in [-0.1, -0.05) is 0 Å². The second-order valence-corrected chi connectivity index (χ2v) is 4.69. The standard InChI is InChI=1S/C10H21N3O/c1-10(2,7-11)13(4)8-5-6-12(3)9(8)14/h8H,5-7,11H2,1-4H3. The predicted octanol–water partition coefficient (Wildman–Crippen LogP) is -0.114. The highest BCUT2D eigenvalue weighted by atomic mass is 16.2. The maximum Gasteiger partial charge on any atom is 0.239 e. The molecule has 2 N–H and O–H groups in total. The maximum absolute atomic E-state index is 11.8. The van der Waals surface area contributed by atoms with Crippen molar-refractivity contribution < 1.29 is 4.79 Å². The number of carbonyl (C=O) groups is 1. The van der Waals surface area contributed by atoms with Crippen molar-refractivity contribution in [2.24, 2.45) is 5.73 Å². The Labute approximate surface area is 86.0 Å². The molecule has 1 saturated heterocycles. The number of amides is 1. The van der Waals surface area contributed by atoms with Gasteiger partial charge in [-0.3, -0.25) is 9.69 Å². The summed E-state index contributed by atoms with van der Waals surface area (Å²) in [5, 5.41) is 0. The molecule has 0 aromatic rings. The Morgan fingerprint density at radius 3 is 2.57 bits per heavy atom. The van der Waals surface area contributed by atoms with E-state index in [1.807, 2.05) is 14.1 Å². The van der Waals surface area contributed by atoms with Crippen molar-refractivity contribution in [2.75, 3.05) is 27.2 Å². The summed E-state index contributed by atoms with van der Waals surface area (Å²) in [6.07, 6.45) is 0.912. The van der Waals surface area contributed by atoms with Crippen molar-refractivity contribution in [1.82, 2.24) is 9.80 Å². The monoisotopic (exact) mass is 199 g/mol. The molecular formula is C10H21N3O. The zero-order valence-electron chi connectivity index (χ0n) is 9.58. The highest BCUT2D eigenvalue weighted by Gasteiger charge is 2.37. The topological polar surface area (TPSA) is 49.6 Å². The predicted molar refractivity (Wildman–Crippen MR) is 56.9 cm³/mol. The number of nitrogens with two attached hydrogens (primary N) is 1. The van der Waals surface area contributed by atoms with Gasteiger partial charge in [0.1, 0.15) is 0 Å². The van der Waals surface area contributed by atoms with Gasteiger partial charge in [0.25, 0.3) is 0 Å². The Kier molecular flexibility index (Phi) is 3.17. The lowest BCUT2D eigenvalue weighted by atomic mass is 10.0. The van der Waals surface area contributed by atoms with E-state index in [1.54, 1.807) is 4.90 Å². The van der Waals surface area contributed by atoms with Gasteiger partial charge in [-0.15, -0.1) is 0 Å². The first-order chi connectivity index (χ1) is 6.40. The number of rotatable bonds is 3. The first kappa shape index (κ1) is 11.5.